The van der Waals surface area contributed by atoms with Gasteiger partial charge in [-0.05, 0) is 26.8 Å². The zero-order valence-corrected chi connectivity index (χ0v) is 12.0. The minimum atomic E-state index is -1.05. The van der Waals surface area contributed by atoms with E-state index in [1.165, 1.54) is 30.8 Å². The number of rotatable bonds is 6. The number of aromatic nitrogens is 2. The molecule has 0 spiro atoms. The third-order valence-corrected chi connectivity index (χ3v) is 2.53. The van der Waals surface area contributed by atoms with Gasteiger partial charge in [-0.3, -0.25) is 9.48 Å². The van der Waals surface area contributed by atoms with Crippen LogP contribution in [0.1, 0.15) is 37.3 Å². The van der Waals surface area contributed by atoms with Gasteiger partial charge < -0.3 is 15.2 Å². The normalized spacial score (nSPS) is 12.6. The van der Waals surface area contributed by atoms with E-state index < -0.39 is 23.9 Å². The molecule has 0 aromatic carbocycles. The topological polar surface area (TPSA) is 111 Å². The van der Waals surface area contributed by atoms with E-state index in [0.29, 0.717) is 5.70 Å². The molecular formula is C13H17N3O5. The van der Waals surface area contributed by atoms with Crippen LogP contribution in [-0.2, 0) is 14.3 Å². The summed E-state index contributed by atoms with van der Waals surface area (Å²) in [5.74, 6) is -2.15. The first-order valence-corrected chi connectivity index (χ1v) is 6.29. The summed E-state index contributed by atoms with van der Waals surface area (Å²) in [4.78, 5) is 33.9. The quantitative estimate of drug-likeness (QED) is 0.591. The SMILES string of the molecule is CCOC(=O)/C=C(\C)NC(=O)c1ccn(C(C)C(=O)O)n1. The molecule has 0 radical (unpaired) electrons. The Morgan fingerprint density at radius 2 is 2.19 bits per heavy atom. The average Bonchev–Trinajstić information content (AvgIpc) is 2.87. The van der Waals surface area contributed by atoms with Gasteiger partial charge in [-0.1, -0.05) is 0 Å². The van der Waals surface area contributed by atoms with Crippen molar-refractivity contribution in [2.75, 3.05) is 6.61 Å². The number of carbonyl (C=O) groups excluding carboxylic acids is 2. The fraction of sp³-hybridized carbons (Fsp3) is 0.385. The molecule has 0 bridgehead atoms. The van der Waals surface area contributed by atoms with Gasteiger partial charge in [0.25, 0.3) is 5.91 Å². The van der Waals surface area contributed by atoms with Crippen LogP contribution in [0.2, 0.25) is 0 Å². The lowest BCUT2D eigenvalue weighted by Crippen LogP contribution is -2.24. The van der Waals surface area contributed by atoms with Crippen LogP contribution in [0.3, 0.4) is 0 Å². The van der Waals surface area contributed by atoms with Crippen molar-refractivity contribution >= 4 is 17.8 Å². The van der Waals surface area contributed by atoms with E-state index in [1.807, 2.05) is 0 Å². The van der Waals surface area contributed by atoms with Crippen molar-refractivity contribution in [2.45, 2.75) is 26.8 Å². The number of nitrogens with one attached hydrogen (secondary N) is 1. The highest BCUT2D eigenvalue weighted by atomic mass is 16.5. The highest BCUT2D eigenvalue weighted by Gasteiger charge is 2.17. The van der Waals surface area contributed by atoms with Gasteiger partial charge >= 0.3 is 11.9 Å². The molecule has 1 rings (SSSR count). The molecule has 0 aliphatic carbocycles. The summed E-state index contributed by atoms with van der Waals surface area (Å²) in [6.45, 7) is 4.90. The number of hydrogen-bond donors (Lipinski definition) is 2. The van der Waals surface area contributed by atoms with Crippen LogP contribution in [0, 0.1) is 0 Å². The molecule has 1 atom stereocenters. The number of carbonyl (C=O) groups is 3. The molecule has 8 nitrogen and oxygen atoms in total. The molecule has 1 amide bonds. The molecule has 2 N–H and O–H groups in total. The fourth-order valence-electron chi connectivity index (χ4n) is 1.43. The number of carboxylic acids is 1. The number of ether oxygens (including phenoxy) is 1. The maximum atomic E-state index is 11.9. The Bertz CT molecular complexity index is 576. The minimum Gasteiger partial charge on any atom is -0.480 e. The van der Waals surface area contributed by atoms with Crippen molar-refractivity contribution in [1.82, 2.24) is 15.1 Å². The lowest BCUT2D eigenvalue weighted by Gasteiger charge is -2.06. The Balaban J connectivity index is 2.72. The van der Waals surface area contributed by atoms with Crippen LogP contribution in [0.25, 0.3) is 0 Å². The first-order valence-electron chi connectivity index (χ1n) is 6.29. The van der Waals surface area contributed by atoms with E-state index in [1.54, 1.807) is 6.92 Å². The average molecular weight is 295 g/mol. The van der Waals surface area contributed by atoms with Crippen LogP contribution in [-0.4, -0.2) is 39.3 Å². The van der Waals surface area contributed by atoms with Gasteiger partial charge in [0.15, 0.2) is 5.69 Å². The predicted molar refractivity (Wildman–Crippen MR) is 72.4 cm³/mol. The zero-order valence-electron chi connectivity index (χ0n) is 12.0. The summed E-state index contributed by atoms with van der Waals surface area (Å²) in [5, 5.41) is 15.2. The molecule has 0 fully saturated rings. The van der Waals surface area contributed by atoms with E-state index in [0.717, 1.165) is 6.08 Å². The molecule has 0 aliphatic rings. The lowest BCUT2D eigenvalue weighted by atomic mass is 10.3. The third kappa shape index (κ3) is 4.75. The zero-order chi connectivity index (χ0) is 16.0. The van der Waals surface area contributed by atoms with Gasteiger partial charge in [-0.25, -0.2) is 9.59 Å². The van der Waals surface area contributed by atoms with Crippen LogP contribution in [0.4, 0.5) is 0 Å². The summed E-state index contributed by atoms with van der Waals surface area (Å²) in [7, 11) is 0. The van der Waals surface area contributed by atoms with Gasteiger partial charge in [0.05, 0.1) is 6.61 Å². The maximum absolute atomic E-state index is 11.9. The van der Waals surface area contributed by atoms with Gasteiger partial charge in [-0.2, -0.15) is 5.10 Å². The molecule has 114 valence electrons. The smallest absolute Gasteiger partial charge is 0.332 e. The largest absolute Gasteiger partial charge is 0.480 e. The monoisotopic (exact) mass is 295 g/mol. The van der Waals surface area contributed by atoms with Gasteiger partial charge in [0.2, 0.25) is 0 Å². The summed E-state index contributed by atoms with van der Waals surface area (Å²) in [5.41, 5.74) is 0.360. The molecule has 0 saturated heterocycles. The maximum Gasteiger partial charge on any atom is 0.332 e. The molecule has 21 heavy (non-hydrogen) atoms. The summed E-state index contributed by atoms with van der Waals surface area (Å²) >= 11 is 0. The second-order valence-electron chi connectivity index (χ2n) is 4.23. The van der Waals surface area contributed by atoms with Crippen molar-refractivity contribution in [2.24, 2.45) is 0 Å². The first-order chi connectivity index (χ1) is 9.85. The molecule has 1 unspecified atom stereocenters. The number of allylic oxidation sites excluding steroid dienone is 1. The van der Waals surface area contributed by atoms with E-state index in [9.17, 15) is 14.4 Å². The highest BCUT2D eigenvalue weighted by Crippen LogP contribution is 2.06. The number of aliphatic carboxylic acids is 1. The molecule has 8 heteroatoms. The van der Waals surface area contributed by atoms with Gasteiger partial charge in [-0.15, -0.1) is 0 Å². The lowest BCUT2D eigenvalue weighted by molar-refractivity contribution is -0.140. The van der Waals surface area contributed by atoms with Crippen LogP contribution in [0.15, 0.2) is 24.0 Å². The van der Waals surface area contributed by atoms with Crippen LogP contribution < -0.4 is 5.32 Å². The number of carboxylic acid groups (broad SMARTS) is 1. The predicted octanol–water partition coefficient (Wildman–Crippen LogP) is 0.725. The Labute approximate surface area is 121 Å². The van der Waals surface area contributed by atoms with Crippen molar-refractivity contribution in [3.05, 3.63) is 29.7 Å². The summed E-state index contributed by atoms with van der Waals surface area (Å²) in [6.07, 6.45) is 2.55. The number of esters is 1. The van der Waals surface area contributed by atoms with Gasteiger partial charge in [0.1, 0.15) is 6.04 Å². The van der Waals surface area contributed by atoms with Crippen LogP contribution >= 0.6 is 0 Å². The van der Waals surface area contributed by atoms with E-state index in [4.69, 9.17) is 9.84 Å². The van der Waals surface area contributed by atoms with Crippen molar-refractivity contribution in [3.8, 4) is 0 Å². The molecular weight excluding hydrogens is 278 g/mol. The fourth-order valence-corrected chi connectivity index (χ4v) is 1.43. The Hall–Kier alpha value is -2.64. The van der Waals surface area contributed by atoms with Crippen molar-refractivity contribution in [3.63, 3.8) is 0 Å². The van der Waals surface area contributed by atoms with E-state index in [-0.39, 0.29) is 12.3 Å². The molecule has 1 aromatic heterocycles. The van der Waals surface area contributed by atoms with Gasteiger partial charge in [0, 0.05) is 18.0 Å². The second kappa shape index (κ2) is 7.22. The van der Waals surface area contributed by atoms with Crippen molar-refractivity contribution in [1.29, 1.82) is 0 Å². The number of nitrogens with zero attached hydrogens (tertiary/aromatic N) is 2. The summed E-state index contributed by atoms with van der Waals surface area (Å²) < 4.78 is 5.88. The molecule has 1 heterocycles. The summed E-state index contributed by atoms with van der Waals surface area (Å²) in [6, 6.07) is 0.523. The number of amides is 1. The Morgan fingerprint density at radius 1 is 1.52 bits per heavy atom. The second-order valence-corrected chi connectivity index (χ2v) is 4.23. The third-order valence-electron chi connectivity index (χ3n) is 2.53. The standard InChI is InChI=1S/C13H17N3O5/c1-4-21-11(17)7-8(2)14-12(18)10-5-6-16(15-10)9(3)13(19)20/h5-7,9H,4H2,1-3H3,(H,14,18)(H,19,20)/b8-7+. The Morgan fingerprint density at radius 3 is 2.76 bits per heavy atom. The van der Waals surface area contributed by atoms with Crippen LogP contribution in [0.5, 0.6) is 0 Å². The molecule has 0 aliphatic heterocycles. The van der Waals surface area contributed by atoms with Crippen molar-refractivity contribution < 1.29 is 24.2 Å². The molecule has 1 aromatic rings. The number of hydrogen-bond acceptors (Lipinski definition) is 5. The highest BCUT2D eigenvalue weighted by molar-refractivity contribution is 5.94. The first kappa shape index (κ1) is 16.4. The van der Waals surface area contributed by atoms with E-state index >= 15 is 0 Å². The Kier molecular flexibility index (Phi) is 5.65. The van der Waals surface area contributed by atoms with E-state index in [2.05, 4.69) is 10.4 Å². The minimum absolute atomic E-state index is 0.0553. The molecule has 0 saturated carbocycles.